The van der Waals surface area contributed by atoms with Crippen molar-refractivity contribution in [3.8, 4) is 0 Å². The molecule has 4 N–H and O–H groups in total. The number of hydrogen-bond acceptors (Lipinski definition) is 4. The van der Waals surface area contributed by atoms with Gasteiger partial charge in [-0.3, -0.25) is 14.5 Å². The molecular weight excluding hydrogens is 320 g/mol. The van der Waals surface area contributed by atoms with Gasteiger partial charge in [-0.15, -0.1) is 12.4 Å². The number of carbonyl (C=O) groups excluding carboxylic acids is 3. The van der Waals surface area contributed by atoms with Crippen LogP contribution in [0.15, 0.2) is 24.3 Å². The second kappa shape index (κ2) is 7.43. The van der Waals surface area contributed by atoms with Crippen molar-refractivity contribution in [2.24, 2.45) is 5.73 Å². The van der Waals surface area contributed by atoms with E-state index in [0.717, 1.165) is 10.5 Å². The molecule has 0 radical (unpaired) electrons. The predicted molar refractivity (Wildman–Crippen MR) is 88.2 cm³/mol. The monoisotopic (exact) mass is 340 g/mol. The molecule has 1 aliphatic heterocycles. The summed E-state index contributed by atoms with van der Waals surface area (Å²) in [5.74, 6) is -0.461. The molecule has 126 valence electrons. The highest BCUT2D eigenvalue weighted by Crippen LogP contribution is 2.10. The first kappa shape index (κ1) is 18.9. The number of nitrogens with one attached hydrogen (secondary N) is 2. The molecular formula is C15H21ClN4O3. The summed E-state index contributed by atoms with van der Waals surface area (Å²) in [6.07, 6.45) is 0. The van der Waals surface area contributed by atoms with Crippen LogP contribution in [-0.4, -0.2) is 41.4 Å². The molecule has 1 aliphatic rings. The summed E-state index contributed by atoms with van der Waals surface area (Å²) in [7, 11) is 0. The molecule has 0 spiro atoms. The van der Waals surface area contributed by atoms with Gasteiger partial charge in [-0.25, -0.2) is 4.79 Å². The zero-order valence-electron chi connectivity index (χ0n) is 13.1. The van der Waals surface area contributed by atoms with Crippen LogP contribution in [-0.2, 0) is 11.3 Å². The van der Waals surface area contributed by atoms with Gasteiger partial charge in [-0.1, -0.05) is 12.1 Å². The summed E-state index contributed by atoms with van der Waals surface area (Å²) in [6.45, 7) is 4.26. The van der Waals surface area contributed by atoms with E-state index in [1.807, 2.05) is 13.8 Å². The smallest absolute Gasteiger partial charge is 0.324 e. The predicted octanol–water partition coefficient (Wildman–Crippen LogP) is 0.627. The summed E-state index contributed by atoms with van der Waals surface area (Å²) in [5, 5.41) is 5.21. The first-order chi connectivity index (χ1) is 10.3. The van der Waals surface area contributed by atoms with Crippen molar-refractivity contribution in [2.75, 3.05) is 13.1 Å². The Bertz CT molecular complexity index is 580. The van der Waals surface area contributed by atoms with Crippen molar-refractivity contribution in [2.45, 2.75) is 25.9 Å². The molecule has 0 atom stereocenters. The van der Waals surface area contributed by atoms with Gasteiger partial charge in [0, 0.05) is 17.6 Å². The maximum Gasteiger partial charge on any atom is 0.324 e. The van der Waals surface area contributed by atoms with E-state index in [9.17, 15) is 14.4 Å². The molecule has 1 aromatic rings. The molecule has 0 aromatic heterocycles. The number of nitrogens with zero attached hydrogens (tertiary/aromatic N) is 1. The van der Waals surface area contributed by atoms with Crippen LogP contribution < -0.4 is 16.4 Å². The van der Waals surface area contributed by atoms with Gasteiger partial charge < -0.3 is 16.4 Å². The van der Waals surface area contributed by atoms with Gasteiger partial charge in [-0.05, 0) is 31.5 Å². The van der Waals surface area contributed by atoms with Crippen molar-refractivity contribution in [3.63, 3.8) is 0 Å². The van der Waals surface area contributed by atoms with Crippen LogP contribution >= 0.6 is 12.4 Å². The zero-order chi connectivity index (χ0) is 16.3. The number of nitrogens with two attached hydrogens (primary N) is 1. The Morgan fingerprint density at radius 3 is 2.39 bits per heavy atom. The van der Waals surface area contributed by atoms with Gasteiger partial charge in [0.1, 0.15) is 0 Å². The minimum atomic E-state index is -0.473. The molecule has 1 fully saturated rings. The first-order valence-corrected chi connectivity index (χ1v) is 7.00. The summed E-state index contributed by atoms with van der Waals surface area (Å²) < 4.78 is 0. The summed E-state index contributed by atoms with van der Waals surface area (Å²) >= 11 is 0. The van der Waals surface area contributed by atoms with E-state index in [0.29, 0.717) is 12.1 Å². The second-order valence-corrected chi connectivity index (χ2v) is 6.01. The fraction of sp³-hybridized carbons (Fsp3) is 0.400. The molecule has 7 nitrogen and oxygen atoms in total. The van der Waals surface area contributed by atoms with E-state index in [-0.39, 0.29) is 37.3 Å². The standard InChI is InChI=1S/C15H20N4O3.ClH/c1-15(2,16)9-18-13(21)11-5-3-10(4-6-11)8-19-12(20)7-17-14(19)22;/h3-6H,7-9,16H2,1-2H3,(H,17,22)(H,18,21);1H. The van der Waals surface area contributed by atoms with Gasteiger partial charge in [-0.2, -0.15) is 0 Å². The quantitative estimate of drug-likeness (QED) is 0.684. The molecule has 0 bridgehead atoms. The molecule has 0 aliphatic carbocycles. The highest BCUT2D eigenvalue weighted by Gasteiger charge is 2.28. The fourth-order valence-corrected chi connectivity index (χ4v) is 1.97. The Morgan fingerprint density at radius 2 is 1.91 bits per heavy atom. The largest absolute Gasteiger partial charge is 0.350 e. The molecule has 1 heterocycles. The number of imide groups is 1. The Hall–Kier alpha value is -2.12. The molecule has 1 saturated heterocycles. The second-order valence-electron chi connectivity index (χ2n) is 6.01. The number of urea groups is 1. The fourth-order valence-electron chi connectivity index (χ4n) is 1.97. The average molecular weight is 341 g/mol. The topological polar surface area (TPSA) is 105 Å². The Kier molecular flexibility index (Phi) is 6.12. The van der Waals surface area contributed by atoms with Crippen LogP contribution in [0.2, 0.25) is 0 Å². The van der Waals surface area contributed by atoms with Crippen molar-refractivity contribution < 1.29 is 14.4 Å². The SMILES string of the molecule is CC(C)(N)CNC(=O)c1ccc(CN2C(=O)CNC2=O)cc1.Cl. The maximum absolute atomic E-state index is 12.0. The zero-order valence-corrected chi connectivity index (χ0v) is 13.9. The normalized spacial score (nSPS) is 14.3. The molecule has 23 heavy (non-hydrogen) atoms. The Labute approximate surface area is 141 Å². The van der Waals surface area contributed by atoms with Gasteiger partial charge in [0.15, 0.2) is 0 Å². The third-order valence-electron chi connectivity index (χ3n) is 3.20. The van der Waals surface area contributed by atoms with Gasteiger partial charge >= 0.3 is 6.03 Å². The Morgan fingerprint density at radius 1 is 1.30 bits per heavy atom. The molecule has 8 heteroatoms. The molecule has 0 unspecified atom stereocenters. The summed E-state index contributed by atoms with van der Waals surface area (Å²) in [4.78, 5) is 36.1. The average Bonchev–Trinajstić information content (AvgIpc) is 2.77. The molecule has 4 amide bonds. The highest BCUT2D eigenvalue weighted by molar-refractivity contribution is 6.01. The Balaban J connectivity index is 0.00000264. The van der Waals surface area contributed by atoms with E-state index >= 15 is 0 Å². The highest BCUT2D eigenvalue weighted by atomic mass is 35.5. The molecule has 0 saturated carbocycles. The van der Waals surface area contributed by atoms with Gasteiger partial charge in [0.05, 0.1) is 13.1 Å². The third-order valence-corrected chi connectivity index (χ3v) is 3.20. The lowest BCUT2D eigenvalue weighted by Crippen LogP contribution is -2.45. The van der Waals surface area contributed by atoms with Crippen molar-refractivity contribution in [3.05, 3.63) is 35.4 Å². The lowest BCUT2D eigenvalue weighted by Gasteiger charge is -2.19. The van der Waals surface area contributed by atoms with Crippen molar-refractivity contribution in [1.29, 1.82) is 0 Å². The number of rotatable bonds is 5. The minimum absolute atomic E-state index is 0. The van der Waals surface area contributed by atoms with E-state index in [1.54, 1.807) is 24.3 Å². The van der Waals surface area contributed by atoms with Crippen molar-refractivity contribution >= 4 is 30.3 Å². The van der Waals surface area contributed by atoms with E-state index in [4.69, 9.17) is 5.73 Å². The summed E-state index contributed by atoms with van der Waals surface area (Å²) in [5.41, 5.74) is 6.62. The number of carbonyl (C=O) groups is 3. The number of benzene rings is 1. The van der Waals surface area contributed by atoms with Crippen LogP contribution in [0, 0.1) is 0 Å². The van der Waals surface area contributed by atoms with Gasteiger partial charge in [0.2, 0.25) is 5.91 Å². The van der Waals surface area contributed by atoms with Crippen LogP contribution in [0.4, 0.5) is 4.79 Å². The number of halogens is 1. The third kappa shape index (κ3) is 5.22. The van der Waals surface area contributed by atoms with Crippen LogP contribution in [0.25, 0.3) is 0 Å². The van der Waals surface area contributed by atoms with Crippen LogP contribution in [0.1, 0.15) is 29.8 Å². The maximum atomic E-state index is 12.0. The van der Waals surface area contributed by atoms with Crippen molar-refractivity contribution in [1.82, 2.24) is 15.5 Å². The van der Waals surface area contributed by atoms with Gasteiger partial charge in [0.25, 0.3) is 5.91 Å². The molecule has 2 rings (SSSR count). The number of amides is 4. The minimum Gasteiger partial charge on any atom is -0.350 e. The van der Waals surface area contributed by atoms with E-state index in [2.05, 4.69) is 10.6 Å². The van der Waals surface area contributed by atoms with Crippen LogP contribution in [0.3, 0.4) is 0 Å². The van der Waals surface area contributed by atoms with E-state index < -0.39 is 11.6 Å². The first-order valence-electron chi connectivity index (χ1n) is 7.00. The van der Waals surface area contributed by atoms with Crippen LogP contribution in [0.5, 0.6) is 0 Å². The summed E-state index contributed by atoms with van der Waals surface area (Å²) in [6, 6.07) is 6.37. The van der Waals surface area contributed by atoms with E-state index in [1.165, 1.54) is 0 Å². The lowest BCUT2D eigenvalue weighted by molar-refractivity contribution is -0.125. The number of hydrogen-bond donors (Lipinski definition) is 3. The molecule has 1 aromatic carbocycles. The lowest BCUT2D eigenvalue weighted by atomic mass is 10.1.